The van der Waals surface area contributed by atoms with Gasteiger partial charge in [-0.15, -0.1) is 0 Å². The van der Waals surface area contributed by atoms with Gasteiger partial charge >= 0.3 is 0 Å². The molecule has 2 fully saturated rings. The minimum Gasteiger partial charge on any atom is -0.355 e. The summed E-state index contributed by atoms with van der Waals surface area (Å²) in [5.74, 6) is 1.06. The first-order valence-corrected chi connectivity index (χ1v) is 6.68. The molecule has 1 unspecified atom stereocenters. The molecule has 0 aliphatic heterocycles. The summed E-state index contributed by atoms with van der Waals surface area (Å²) in [6, 6.07) is 0.0427. The molecule has 3 N–H and O–H groups in total. The van der Waals surface area contributed by atoms with Crippen molar-refractivity contribution in [2.24, 2.45) is 17.1 Å². The zero-order valence-corrected chi connectivity index (χ0v) is 10.3. The molecule has 3 heteroatoms. The molecule has 16 heavy (non-hydrogen) atoms. The van der Waals surface area contributed by atoms with Crippen LogP contribution in [0.1, 0.15) is 51.9 Å². The van der Waals surface area contributed by atoms with Crippen LogP contribution in [0.4, 0.5) is 0 Å². The van der Waals surface area contributed by atoms with E-state index in [2.05, 4.69) is 12.2 Å². The van der Waals surface area contributed by atoms with Crippen molar-refractivity contribution in [2.75, 3.05) is 6.54 Å². The van der Waals surface area contributed by atoms with E-state index in [0.29, 0.717) is 11.8 Å². The quantitative estimate of drug-likeness (QED) is 0.693. The fourth-order valence-electron chi connectivity index (χ4n) is 2.64. The molecule has 0 heterocycles. The number of hydrogen-bond donors (Lipinski definition) is 2. The lowest BCUT2D eigenvalue weighted by Gasteiger charge is -2.16. The molecule has 2 aliphatic rings. The summed E-state index contributed by atoms with van der Waals surface area (Å²) in [5.41, 5.74) is 6.36. The Labute approximate surface area is 98.2 Å². The largest absolute Gasteiger partial charge is 0.355 e. The molecule has 0 aromatic heterocycles. The molecule has 0 spiro atoms. The van der Waals surface area contributed by atoms with Gasteiger partial charge < -0.3 is 11.1 Å². The predicted molar refractivity (Wildman–Crippen MR) is 64.9 cm³/mol. The van der Waals surface area contributed by atoms with Crippen LogP contribution >= 0.6 is 0 Å². The normalized spacial score (nSPS) is 23.9. The van der Waals surface area contributed by atoms with Crippen molar-refractivity contribution in [1.29, 1.82) is 0 Å². The van der Waals surface area contributed by atoms with E-state index < -0.39 is 0 Å². The van der Waals surface area contributed by atoms with Crippen molar-refractivity contribution in [3.63, 3.8) is 0 Å². The molecule has 2 rings (SSSR count). The number of nitrogens with two attached hydrogens (primary N) is 1. The maximum atomic E-state index is 11.7. The first-order valence-electron chi connectivity index (χ1n) is 6.68. The van der Waals surface area contributed by atoms with Gasteiger partial charge in [0.25, 0.3) is 0 Å². The highest BCUT2D eigenvalue weighted by molar-refractivity contribution is 5.76. The SMILES string of the molecule is CCCC(N)CC(=O)NCC1(C2CC2)CC1. The van der Waals surface area contributed by atoms with Crippen LogP contribution in [-0.4, -0.2) is 18.5 Å². The first kappa shape index (κ1) is 11.9. The third kappa shape index (κ3) is 2.97. The molecular weight excluding hydrogens is 200 g/mol. The smallest absolute Gasteiger partial charge is 0.221 e. The molecule has 1 amide bonds. The molecule has 0 radical (unpaired) electrons. The lowest BCUT2D eigenvalue weighted by molar-refractivity contribution is -0.121. The van der Waals surface area contributed by atoms with Gasteiger partial charge in [-0.1, -0.05) is 13.3 Å². The van der Waals surface area contributed by atoms with Crippen molar-refractivity contribution in [1.82, 2.24) is 5.32 Å². The van der Waals surface area contributed by atoms with E-state index in [1.165, 1.54) is 25.7 Å². The summed E-state index contributed by atoms with van der Waals surface area (Å²) in [4.78, 5) is 11.7. The van der Waals surface area contributed by atoms with E-state index in [9.17, 15) is 4.79 Å². The third-order valence-corrected chi connectivity index (χ3v) is 4.08. The van der Waals surface area contributed by atoms with Gasteiger partial charge in [0.1, 0.15) is 0 Å². The van der Waals surface area contributed by atoms with Crippen LogP contribution in [0.2, 0.25) is 0 Å². The van der Waals surface area contributed by atoms with E-state index >= 15 is 0 Å². The minimum atomic E-state index is 0.0427. The van der Waals surface area contributed by atoms with E-state index in [-0.39, 0.29) is 11.9 Å². The Balaban J connectivity index is 1.64. The van der Waals surface area contributed by atoms with Gasteiger partial charge in [-0.05, 0) is 43.4 Å². The predicted octanol–water partition coefficient (Wildman–Crippen LogP) is 1.81. The van der Waals surface area contributed by atoms with Crippen molar-refractivity contribution in [3.8, 4) is 0 Å². The summed E-state index contributed by atoms with van der Waals surface area (Å²) in [6.45, 7) is 3.00. The molecule has 3 nitrogen and oxygen atoms in total. The molecule has 0 aromatic rings. The van der Waals surface area contributed by atoms with Crippen LogP contribution < -0.4 is 11.1 Å². The van der Waals surface area contributed by atoms with Crippen molar-refractivity contribution < 1.29 is 4.79 Å². The second-order valence-corrected chi connectivity index (χ2v) is 5.67. The van der Waals surface area contributed by atoms with Crippen LogP contribution in [0, 0.1) is 11.3 Å². The number of nitrogens with one attached hydrogen (secondary N) is 1. The van der Waals surface area contributed by atoms with E-state index in [1.54, 1.807) is 0 Å². The molecule has 0 saturated heterocycles. The first-order chi connectivity index (χ1) is 7.66. The second-order valence-electron chi connectivity index (χ2n) is 5.67. The van der Waals surface area contributed by atoms with E-state index in [4.69, 9.17) is 5.73 Å². The van der Waals surface area contributed by atoms with E-state index in [1.807, 2.05) is 0 Å². The molecule has 92 valence electrons. The Bertz CT molecular complexity index is 257. The van der Waals surface area contributed by atoms with Gasteiger partial charge in [0.15, 0.2) is 0 Å². The summed E-state index contributed by atoms with van der Waals surface area (Å²) in [5, 5.41) is 3.08. The number of amides is 1. The van der Waals surface area contributed by atoms with Crippen LogP contribution in [0.5, 0.6) is 0 Å². The number of carbonyl (C=O) groups is 1. The van der Waals surface area contributed by atoms with Crippen LogP contribution in [0.15, 0.2) is 0 Å². The van der Waals surface area contributed by atoms with Gasteiger partial charge in [0, 0.05) is 19.0 Å². The fourth-order valence-corrected chi connectivity index (χ4v) is 2.64. The maximum Gasteiger partial charge on any atom is 0.221 e. The Hall–Kier alpha value is -0.570. The topological polar surface area (TPSA) is 55.1 Å². The van der Waals surface area contributed by atoms with Gasteiger partial charge in [0.2, 0.25) is 5.91 Å². The highest BCUT2D eigenvalue weighted by atomic mass is 16.1. The Kier molecular flexibility index (Phi) is 3.53. The Morgan fingerprint density at radius 3 is 2.69 bits per heavy atom. The average Bonchev–Trinajstić information content (AvgIpc) is 3.08. The fraction of sp³-hybridized carbons (Fsp3) is 0.923. The molecule has 1 atom stereocenters. The highest BCUT2D eigenvalue weighted by Crippen LogP contribution is 2.60. The van der Waals surface area contributed by atoms with Gasteiger partial charge in [0.05, 0.1) is 0 Å². The maximum absolute atomic E-state index is 11.7. The monoisotopic (exact) mass is 224 g/mol. The molecule has 2 aliphatic carbocycles. The van der Waals surface area contributed by atoms with Crippen LogP contribution in [0.25, 0.3) is 0 Å². The highest BCUT2D eigenvalue weighted by Gasteiger charge is 2.53. The molecule has 0 bridgehead atoms. The van der Waals surface area contributed by atoms with Crippen molar-refractivity contribution in [2.45, 2.75) is 57.9 Å². The zero-order valence-electron chi connectivity index (χ0n) is 10.3. The zero-order chi connectivity index (χ0) is 11.6. The minimum absolute atomic E-state index is 0.0427. The summed E-state index contributed by atoms with van der Waals surface area (Å²) in [6.07, 6.45) is 7.89. The third-order valence-electron chi connectivity index (χ3n) is 4.08. The lowest BCUT2D eigenvalue weighted by Crippen LogP contribution is -2.35. The van der Waals surface area contributed by atoms with Gasteiger partial charge in [-0.3, -0.25) is 4.79 Å². The van der Waals surface area contributed by atoms with Crippen molar-refractivity contribution >= 4 is 5.91 Å². The molecule has 0 aromatic carbocycles. The van der Waals surface area contributed by atoms with Gasteiger partial charge in [-0.25, -0.2) is 0 Å². The van der Waals surface area contributed by atoms with Crippen LogP contribution in [0.3, 0.4) is 0 Å². The van der Waals surface area contributed by atoms with Crippen LogP contribution in [-0.2, 0) is 4.79 Å². The average molecular weight is 224 g/mol. The molecule has 2 saturated carbocycles. The number of rotatable bonds is 7. The number of carbonyl (C=O) groups excluding carboxylic acids is 1. The second kappa shape index (κ2) is 4.74. The summed E-state index contributed by atoms with van der Waals surface area (Å²) < 4.78 is 0. The standard InChI is InChI=1S/C13H24N2O/c1-2-3-11(14)8-12(16)15-9-13(6-7-13)10-4-5-10/h10-11H,2-9,14H2,1H3,(H,15,16). The Morgan fingerprint density at radius 1 is 1.50 bits per heavy atom. The lowest BCUT2D eigenvalue weighted by atomic mass is 10.0. The van der Waals surface area contributed by atoms with E-state index in [0.717, 1.165) is 25.3 Å². The summed E-state index contributed by atoms with van der Waals surface area (Å²) >= 11 is 0. The summed E-state index contributed by atoms with van der Waals surface area (Å²) in [7, 11) is 0. The molecular formula is C13H24N2O. The van der Waals surface area contributed by atoms with Crippen molar-refractivity contribution in [3.05, 3.63) is 0 Å². The Morgan fingerprint density at radius 2 is 2.19 bits per heavy atom. The van der Waals surface area contributed by atoms with Gasteiger partial charge in [-0.2, -0.15) is 0 Å². The number of hydrogen-bond acceptors (Lipinski definition) is 2.